The molecule has 2 N–H and O–H groups in total. The molecular formula is C16H22N2O3. The summed E-state index contributed by atoms with van der Waals surface area (Å²) in [4.78, 5) is 15.9. The lowest BCUT2D eigenvalue weighted by Gasteiger charge is -2.23. The molecule has 0 radical (unpaired) electrons. The van der Waals surface area contributed by atoms with E-state index < -0.39 is 5.97 Å². The van der Waals surface area contributed by atoms with E-state index >= 15 is 0 Å². The number of hydrogen-bond donors (Lipinski definition) is 2. The van der Waals surface area contributed by atoms with Crippen LogP contribution >= 0.6 is 0 Å². The molecule has 2 bridgehead atoms. The number of hydrogen-bond acceptors (Lipinski definition) is 4. The van der Waals surface area contributed by atoms with Gasteiger partial charge >= 0.3 is 5.97 Å². The minimum Gasteiger partial charge on any atom is -0.478 e. The Morgan fingerprint density at radius 3 is 2.67 bits per heavy atom. The highest BCUT2D eigenvalue weighted by atomic mass is 16.5. The molecule has 0 amide bonds. The van der Waals surface area contributed by atoms with E-state index in [0.29, 0.717) is 11.9 Å². The monoisotopic (exact) mass is 290 g/mol. The van der Waals surface area contributed by atoms with E-state index in [1.54, 1.807) is 12.1 Å². The summed E-state index contributed by atoms with van der Waals surface area (Å²) in [5.74, 6) is -0.281. The third-order valence-electron chi connectivity index (χ3n) is 4.28. The number of carboxylic acids is 1. The Kier molecular flexibility index (Phi) is 3.40. The van der Waals surface area contributed by atoms with E-state index in [1.165, 1.54) is 0 Å². The first-order chi connectivity index (χ1) is 9.83. The molecular weight excluding hydrogens is 268 g/mol. The number of ether oxygens (including phenoxy) is 1. The number of pyridine rings is 1. The largest absolute Gasteiger partial charge is 0.478 e. The van der Waals surface area contributed by atoms with Crippen molar-refractivity contribution in [3.8, 4) is 0 Å². The summed E-state index contributed by atoms with van der Waals surface area (Å²) in [6.45, 7) is 6.10. The van der Waals surface area contributed by atoms with Crippen LogP contribution < -0.4 is 5.32 Å². The third-order valence-corrected chi connectivity index (χ3v) is 4.28. The Labute approximate surface area is 124 Å². The van der Waals surface area contributed by atoms with Crippen molar-refractivity contribution in [1.82, 2.24) is 4.98 Å². The van der Waals surface area contributed by atoms with Crippen molar-refractivity contribution in [2.45, 2.75) is 63.7 Å². The summed E-state index contributed by atoms with van der Waals surface area (Å²) in [6, 6.07) is 3.52. The zero-order valence-corrected chi connectivity index (χ0v) is 12.7. The Balaban J connectivity index is 1.87. The highest BCUT2D eigenvalue weighted by Crippen LogP contribution is 2.36. The predicted octanol–water partition coefficient (Wildman–Crippen LogP) is 2.81. The Hall–Kier alpha value is -1.62. The SMILES string of the molecule is CC(C)(C)c1cc(C(=O)O)cc(NC2CC3CCC2O3)n1. The van der Waals surface area contributed by atoms with Crippen molar-refractivity contribution in [2.75, 3.05) is 5.32 Å². The Bertz CT molecular complexity index is 565. The van der Waals surface area contributed by atoms with E-state index in [9.17, 15) is 9.90 Å². The van der Waals surface area contributed by atoms with E-state index in [-0.39, 0.29) is 23.1 Å². The summed E-state index contributed by atoms with van der Waals surface area (Å²) in [7, 11) is 0. The predicted molar refractivity (Wildman–Crippen MR) is 79.8 cm³/mol. The van der Waals surface area contributed by atoms with E-state index in [2.05, 4.69) is 10.3 Å². The van der Waals surface area contributed by atoms with Crippen LogP contribution in [0.15, 0.2) is 12.1 Å². The fraction of sp³-hybridized carbons (Fsp3) is 0.625. The van der Waals surface area contributed by atoms with Crippen molar-refractivity contribution in [1.29, 1.82) is 0 Å². The molecule has 3 rings (SSSR count). The molecule has 1 aromatic rings. The number of nitrogens with zero attached hydrogens (tertiary/aromatic N) is 1. The molecule has 2 fully saturated rings. The second kappa shape index (κ2) is 4.98. The van der Waals surface area contributed by atoms with Gasteiger partial charge in [-0.3, -0.25) is 0 Å². The number of carbonyl (C=O) groups is 1. The van der Waals surface area contributed by atoms with E-state index in [4.69, 9.17) is 4.74 Å². The third kappa shape index (κ3) is 2.88. The molecule has 2 saturated heterocycles. The highest BCUT2D eigenvalue weighted by molar-refractivity contribution is 5.88. The molecule has 0 aliphatic carbocycles. The van der Waals surface area contributed by atoms with Gasteiger partial charge in [0.2, 0.25) is 0 Å². The van der Waals surface area contributed by atoms with Crippen LogP contribution in [0.3, 0.4) is 0 Å². The number of aromatic carboxylic acids is 1. The molecule has 5 nitrogen and oxygen atoms in total. The van der Waals surface area contributed by atoms with Gasteiger partial charge in [0.25, 0.3) is 0 Å². The van der Waals surface area contributed by atoms with Gasteiger partial charge in [0.1, 0.15) is 5.82 Å². The first-order valence-corrected chi connectivity index (χ1v) is 7.51. The van der Waals surface area contributed by atoms with Gasteiger partial charge in [0.15, 0.2) is 0 Å². The van der Waals surface area contributed by atoms with E-state index in [1.807, 2.05) is 20.8 Å². The normalized spacial score (nSPS) is 27.9. The average molecular weight is 290 g/mol. The van der Waals surface area contributed by atoms with Crippen LogP contribution in [0.1, 0.15) is 56.1 Å². The zero-order chi connectivity index (χ0) is 15.2. The molecule has 0 saturated carbocycles. The molecule has 1 aromatic heterocycles. The van der Waals surface area contributed by atoms with Gasteiger partial charge in [-0.15, -0.1) is 0 Å². The fourth-order valence-corrected chi connectivity index (χ4v) is 3.09. The van der Waals surface area contributed by atoms with Crippen molar-refractivity contribution >= 4 is 11.8 Å². The summed E-state index contributed by atoms with van der Waals surface area (Å²) in [5.41, 5.74) is 0.878. The van der Waals surface area contributed by atoms with Crippen LogP contribution in [-0.2, 0) is 10.2 Å². The van der Waals surface area contributed by atoms with Gasteiger partial charge in [0.05, 0.1) is 23.8 Å². The molecule has 3 atom stereocenters. The first-order valence-electron chi connectivity index (χ1n) is 7.51. The summed E-state index contributed by atoms with van der Waals surface area (Å²) in [5, 5.41) is 12.7. The molecule has 5 heteroatoms. The lowest BCUT2D eigenvalue weighted by molar-refractivity contribution is 0.0696. The fourth-order valence-electron chi connectivity index (χ4n) is 3.09. The lowest BCUT2D eigenvalue weighted by Crippen LogP contribution is -2.31. The molecule has 2 aliphatic heterocycles. The topological polar surface area (TPSA) is 71.5 Å². The maximum atomic E-state index is 11.3. The quantitative estimate of drug-likeness (QED) is 0.895. The smallest absolute Gasteiger partial charge is 0.335 e. The van der Waals surface area contributed by atoms with Crippen molar-refractivity contribution in [2.24, 2.45) is 0 Å². The summed E-state index contributed by atoms with van der Waals surface area (Å²) < 4.78 is 5.83. The van der Waals surface area contributed by atoms with E-state index in [0.717, 1.165) is 25.0 Å². The molecule has 114 valence electrons. The number of nitrogens with one attached hydrogen (secondary N) is 1. The van der Waals surface area contributed by atoms with Crippen LogP contribution in [-0.4, -0.2) is 34.3 Å². The van der Waals surface area contributed by atoms with Crippen LogP contribution in [0.25, 0.3) is 0 Å². The molecule has 3 heterocycles. The number of carboxylic acid groups (broad SMARTS) is 1. The molecule has 0 spiro atoms. The minimum absolute atomic E-state index is 0.187. The highest BCUT2D eigenvalue weighted by Gasteiger charge is 2.40. The number of aromatic nitrogens is 1. The Morgan fingerprint density at radius 2 is 2.14 bits per heavy atom. The average Bonchev–Trinajstić information content (AvgIpc) is 2.99. The minimum atomic E-state index is -0.921. The van der Waals surface area contributed by atoms with Gasteiger partial charge in [-0.05, 0) is 31.4 Å². The van der Waals surface area contributed by atoms with Gasteiger partial charge in [-0.2, -0.15) is 0 Å². The maximum absolute atomic E-state index is 11.3. The second-order valence-electron chi connectivity index (χ2n) is 7.04. The standard InChI is InChI=1S/C16H22N2O3/c1-16(2,3)13-6-9(15(19)20)7-14(18-13)17-11-8-10-4-5-12(11)21-10/h6-7,10-12H,4-5,8H2,1-3H3,(H,17,18)(H,19,20). The molecule has 3 unspecified atom stereocenters. The molecule has 0 aromatic carbocycles. The van der Waals surface area contributed by atoms with Crippen molar-refractivity contribution < 1.29 is 14.6 Å². The van der Waals surface area contributed by atoms with Gasteiger partial charge in [0, 0.05) is 11.1 Å². The number of anilines is 1. The maximum Gasteiger partial charge on any atom is 0.335 e. The van der Waals surface area contributed by atoms with Crippen molar-refractivity contribution in [3.05, 3.63) is 23.4 Å². The molecule has 2 aliphatic rings. The van der Waals surface area contributed by atoms with Crippen LogP contribution in [0, 0.1) is 0 Å². The van der Waals surface area contributed by atoms with Crippen LogP contribution in [0.4, 0.5) is 5.82 Å². The zero-order valence-electron chi connectivity index (χ0n) is 12.7. The number of rotatable bonds is 3. The second-order valence-corrected chi connectivity index (χ2v) is 7.04. The van der Waals surface area contributed by atoms with Gasteiger partial charge in [-0.25, -0.2) is 9.78 Å². The molecule has 21 heavy (non-hydrogen) atoms. The van der Waals surface area contributed by atoms with Gasteiger partial charge in [-0.1, -0.05) is 20.8 Å². The summed E-state index contributed by atoms with van der Waals surface area (Å²) >= 11 is 0. The van der Waals surface area contributed by atoms with Crippen LogP contribution in [0.5, 0.6) is 0 Å². The lowest BCUT2D eigenvalue weighted by atomic mass is 9.90. The Morgan fingerprint density at radius 1 is 1.38 bits per heavy atom. The summed E-state index contributed by atoms with van der Waals surface area (Å²) in [6.07, 6.45) is 3.79. The van der Waals surface area contributed by atoms with Gasteiger partial charge < -0.3 is 15.2 Å². The van der Waals surface area contributed by atoms with Crippen molar-refractivity contribution in [3.63, 3.8) is 0 Å². The number of fused-ring (bicyclic) bond motifs is 2. The first kappa shape index (κ1) is 14.3. The van der Waals surface area contributed by atoms with Crippen LogP contribution in [0.2, 0.25) is 0 Å².